The lowest BCUT2D eigenvalue weighted by molar-refractivity contribution is -0.0147. The van der Waals surface area contributed by atoms with Gasteiger partial charge in [-0.25, -0.2) is 13.5 Å². The van der Waals surface area contributed by atoms with Gasteiger partial charge in [-0.1, -0.05) is 0 Å². The fourth-order valence-corrected chi connectivity index (χ4v) is 3.65. The molecular formula is C21H20F3N5O2. The van der Waals surface area contributed by atoms with Gasteiger partial charge in [-0.15, -0.1) is 9.60 Å². The number of amides is 1. The molecule has 1 fully saturated rings. The van der Waals surface area contributed by atoms with Crippen LogP contribution in [0.25, 0.3) is 11.3 Å². The van der Waals surface area contributed by atoms with Gasteiger partial charge in [0.25, 0.3) is 5.91 Å². The molecule has 0 bridgehead atoms. The molecule has 1 atom stereocenters. The third-order valence-corrected chi connectivity index (χ3v) is 5.14. The van der Waals surface area contributed by atoms with Gasteiger partial charge in [0.05, 0.1) is 12.6 Å². The Kier molecular flexibility index (Phi) is 5.55. The normalized spacial score (nSPS) is 16.9. The lowest BCUT2D eigenvalue weighted by Gasteiger charge is -2.27. The van der Waals surface area contributed by atoms with Crippen molar-refractivity contribution >= 4 is 11.7 Å². The summed E-state index contributed by atoms with van der Waals surface area (Å²) in [4.78, 5) is 12.1. The van der Waals surface area contributed by atoms with E-state index in [1.807, 2.05) is 0 Å². The molecule has 7 nitrogen and oxygen atoms in total. The van der Waals surface area contributed by atoms with E-state index in [1.54, 1.807) is 24.3 Å². The molecule has 1 aliphatic rings. The first-order valence-electron chi connectivity index (χ1n) is 9.65. The summed E-state index contributed by atoms with van der Waals surface area (Å²) in [5, 5.41) is 5.15. The zero-order valence-electron chi connectivity index (χ0n) is 16.4. The average Bonchev–Trinajstić information content (AvgIpc) is 3.08. The minimum absolute atomic E-state index is 0.0502. The minimum atomic E-state index is -0.832. The number of ether oxygens (including phenoxy) is 1. The van der Waals surface area contributed by atoms with Crippen LogP contribution in [0.15, 0.2) is 42.5 Å². The molecule has 1 saturated heterocycles. The van der Waals surface area contributed by atoms with E-state index in [-0.39, 0.29) is 35.4 Å². The maximum atomic E-state index is 13.8. The van der Waals surface area contributed by atoms with Crippen molar-refractivity contribution in [1.82, 2.24) is 14.9 Å². The van der Waals surface area contributed by atoms with Crippen LogP contribution in [0.1, 0.15) is 29.2 Å². The molecular weight excluding hydrogens is 411 g/mol. The topological polar surface area (TPSA) is 99.4 Å². The van der Waals surface area contributed by atoms with Crippen LogP contribution in [-0.2, 0) is 0 Å². The predicted molar refractivity (Wildman–Crippen MR) is 108 cm³/mol. The lowest BCUT2D eigenvalue weighted by Crippen LogP contribution is -2.32. The molecule has 4 N–H and O–H groups in total. The number of nitrogen functional groups attached to an aromatic ring is 1. The number of piperidine rings is 1. The van der Waals surface area contributed by atoms with Gasteiger partial charge in [0.2, 0.25) is 0 Å². The van der Waals surface area contributed by atoms with Crippen LogP contribution in [0.5, 0.6) is 11.5 Å². The van der Waals surface area contributed by atoms with E-state index < -0.39 is 17.5 Å². The van der Waals surface area contributed by atoms with Crippen LogP contribution >= 0.6 is 0 Å². The molecule has 10 heteroatoms. The average molecular weight is 431 g/mol. The predicted octanol–water partition coefficient (Wildman–Crippen LogP) is 3.82. The Labute approximate surface area is 175 Å². The molecule has 0 aliphatic carbocycles. The third kappa shape index (κ3) is 4.19. The first-order chi connectivity index (χ1) is 14.8. The van der Waals surface area contributed by atoms with Crippen molar-refractivity contribution in [3.05, 3.63) is 59.7 Å². The van der Waals surface area contributed by atoms with Crippen molar-refractivity contribution in [1.29, 1.82) is 0 Å². The van der Waals surface area contributed by atoms with Crippen molar-refractivity contribution in [2.24, 2.45) is 5.73 Å². The highest BCUT2D eigenvalue weighted by Gasteiger charge is 2.28. The number of anilines is 1. The molecule has 2 heterocycles. The molecule has 4 rings (SSSR count). The summed E-state index contributed by atoms with van der Waals surface area (Å²) in [5.74, 6) is -2.05. The van der Waals surface area contributed by atoms with Crippen molar-refractivity contribution < 1.29 is 22.8 Å². The van der Waals surface area contributed by atoms with Crippen LogP contribution in [0.3, 0.4) is 0 Å². The molecule has 1 amide bonds. The minimum Gasteiger partial charge on any atom is -0.454 e. The van der Waals surface area contributed by atoms with Gasteiger partial charge in [0.1, 0.15) is 28.6 Å². The molecule has 0 spiro atoms. The van der Waals surface area contributed by atoms with E-state index in [9.17, 15) is 18.1 Å². The third-order valence-electron chi connectivity index (χ3n) is 5.14. The van der Waals surface area contributed by atoms with Crippen molar-refractivity contribution in [3.63, 3.8) is 0 Å². The van der Waals surface area contributed by atoms with E-state index in [4.69, 9.17) is 16.2 Å². The maximum Gasteiger partial charge on any atom is 0.254 e. The van der Waals surface area contributed by atoms with E-state index in [2.05, 4.69) is 5.10 Å². The Morgan fingerprint density at radius 2 is 1.90 bits per heavy atom. The Morgan fingerprint density at radius 3 is 2.55 bits per heavy atom. The molecule has 1 aromatic heterocycles. The van der Waals surface area contributed by atoms with E-state index in [0.717, 1.165) is 12.1 Å². The number of nitrogens with two attached hydrogens (primary N) is 2. The monoisotopic (exact) mass is 431 g/mol. The number of hydrogen-bond acceptors (Lipinski definition) is 5. The van der Waals surface area contributed by atoms with Crippen molar-refractivity contribution in [3.8, 4) is 22.8 Å². The second-order valence-electron chi connectivity index (χ2n) is 7.28. The summed E-state index contributed by atoms with van der Waals surface area (Å²) in [6.45, 7) is 0.447. The number of carbonyl (C=O) groups excluding carboxylic acids is 1. The standard InChI is InChI=1S/C21H20F3N5O2/c22-13-5-8-17(16(23)10-13)31-15-6-3-12(4-7-15)19-18(21(26)30)20(25)29(27-19)14-2-1-9-28(24)11-14/h3-8,10,14H,1-2,9,11,25H2,(H2,26,30). The molecule has 1 aliphatic heterocycles. The van der Waals surface area contributed by atoms with E-state index in [0.29, 0.717) is 35.8 Å². The van der Waals surface area contributed by atoms with Gasteiger partial charge in [-0.3, -0.25) is 4.79 Å². The van der Waals surface area contributed by atoms with Crippen LogP contribution in [0, 0.1) is 11.6 Å². The molecule has 2 aromatic carbocycles. The van der Waals surface area contributed by atoms with Crippen molar-refractivity contribution in [2.45, 2.75) is 18.9 Å². The summed E-state index contributed by atoms with van der Waals surface area (Å²) in [6, 6.07) is 8.98. The fraction of sp³-hybridized carbons (Fsp3) is 0.238. The Balaban J connectivity index is 1.64. The second-order valence-corrected chi connectivity index (χ2v) is 7.28. The lowest BCUT2D eigenvalue weighted by atomic mass is 10.1. The van der Waals surface area contributed by atoms with Gasteiger partial charge >= 0.3 is 0 Å². The van der Waals surface area contributed by atoms with E-state index in [1.165, 1.54) is 10.7 Å². The molecule has 3 aromatic rings. The fourth-order valence-electron chi connectivity index (χ4n) is 3.65. The SMILES string of the molecule is NC(=O)c1c(-c2ccc(Oc3ccc(F)cc3F)cc2)nn(C2CCCN(F)C2)c1N. The Hall–Kier alpha value is -3.53. The summed E-state index contributed by atoms with van der Waals surface area (Å²) in [7, 11) is 0. The van der Waals surface area contributed by atoms with Gasteiger partial charge in [0, 0.05) is 18.2 Å². The van der Waals surface area contributed by atoms with Gasteiger partial charge in [-0.2, -0.15) is 5.10 Å². The van der Waals surface area contributed by atoms with Crippen LogP contribution in [0.4, 0.5) is 19.1 Å². The number of primary amides is 1. The largest absolute Gasteiger partial charge is 0.454 e. The zero-order valence-corrected chi connectivity index (χ0v) is 16.4. The van der Waals surface area contributed by atoms with Crippen LogP contribution in [-0.4, -0.2) is 33.9 Å². The van der Waals surface area contributed by atoms with Gasteiger partial charge in [-0.05, 0) is 49.2 Å². The number of hydrogen-bond donors (Lipinski definition) is 2. The number of nitrogens with zero attached hydrogens (tertiary/aromatic N) is 3. The first kappa shape index (κ1) is 20.7. The smallest absolute Gasteiger partial charge is 0.254 e. The molecule has 162 valence electrons. The number of carbonyl (C=O) groups is 1. The molecule has 31 heavy (non-hydrogen) atoms. The quantitative estimate of drug-likeness (QED) is 0.599. The van der Waals surface area contributed by atoms with Gasteiger partial charge < -0.3 is 16.2 Å². The van der Waals surface area contributed by atoms with Crippen molar-refractivity contribution in [2.75, 3.05) is 18.8 Å². The van der Waals surface area contributed by atoms with Crippen LogP contribution < -0.4 is 16.2 Å². The highest BCUT2D eigenvalue weighted by molar-refractivity contribution is 6.03. The summed E-state index contributed by atoms with van der Waals surface area (Å²) >= 11 is 0. The van der Waals surface area contributed by atoms with Crippen LogP contribution in [0.2, 0.25) is 0 Å². The number of rotatable bonds is 5. The number of benzene rings is 2. The number of aromatic nitrogens is 2. The highest BCUT2D eigenvalue weighted by Crippen LogP contribution is 2.33. The Morgan fingerprint density at radius 1 is 1.16 bits per heavy atom. The molecule has 1 unspecified atom stereocenters. The highest BCUT2D eigenvalue weighted by atomic mass is 19.2. The second kappa shape index (κ2) is 8.31. The Bertz CT molecular complexity index is 1120. The first-order valence-corrected chi connectivity index (χ1v) is 9.65. The van der Waals surface area contributed by atoms with E-state index >= 15 is 0 Å². The molecule has 0 saturated carbocycles. The summed E-state index contributed by atoms with van der Waals surface area (Å²) in [6.07, 6.45) is 1.30. The summed E-state index contributed by atoms with van der Waals surface area (Å²) < 4.78 is 47.4. The van der Waals surface area contributed by atoms with Gasteiger partial charge in [0.15, 0.2) is 11.6 Å². The maximum absolute atomic E-state index is 13.8. The molecule has 0 radical (unpaired) electrons. The number of halogens is 3. The summed E-state index contributed by atoms with van der Waals surface area (Å²) in [5.41, 5.74) is 12.5. The zero-order chi connectivity index (χ0) is 22.1.